The highest BCUT2D eigenvalue weighted by atomic mass is 35.5. The Hall–Kier alpha value is -0.770. The SMILES string of the molecule is CCN(CC(=O)NC(C)(C)C)C(=O)CCCCCl. The Morgan fingerprint density at radius 1 is 1.22 bits per heavy atom. The van der Waals surface area contributed by atoms with E-state index < -0.39 is 0 Å². The van der Waals surface area contributed by atoms with Crippen molar-refractivity contribution in [1.29, 1.82) is 0 Å². The molecule has 0 unspecified atom stereocenters. The van der Waals surface area contributed by atoms with Gasteiger partial charge in [0, 0.05) is 24.4 Å². The van der Waals surface area contributed by atoms with Crippen LogP contribution in [0.4, 0.5) is 0 Å². The number of hydrogen-bond acceptors (Lipinski definition) is 2. The van der Waals surface area contributed by atoms with Gasteiger partial charge in [-0.3, -0.25) is 9.59 Å². The van der Waals surface area contributed by atoms with Crippen molar-refractivity contribution in [3.8, 4) is 0 Å². The Bertz CT molecular complexity index is 275. The van der Waals surface area contributed by atoms with Gasteiger partial charge in [-0.15, -0.1) is 11.6 Å². The summed E-state index contributed by atoms with van der Waals surface area (Å²) in [7, 11) is 0. The van der Waals surface area contributed by atoms with Crippen LogP contribution in [0.5, 0.6) is 0 Å². The third kappa shape index (κ3) is 8.34. The van der Waals surface area contributed by atoms with Gasteiger partial charge in [0.15, 0.2) is 0 Å². The molecule has 0 aliphatic heterocycles. The first-order valence-corrected chi connectivity index (χ1v) is 6.98. The Labute approximate surface area is 115 Å². The summed E-state index contributed by atoms with van der Waals surface area (Å²) in [5.41, 5.74) is -0.266. The number of nitrogens with one attached hydrogen (secondary N) is 1. The predicted molar refractivity (Wildman–Crippen MR) is 74.7 cm³/mol. The Balaban J connectivity index is 4.17. The monoisotopic (exact) mass is 276 g/mol. The maximum absolute atomic E-state index is 11.9. The molecule has 0 heterocycles. The molecule has 106 valence electrons. The molecule has 0 aliphatic rings. The van der Waals surface area contributed by atoms with E-state index in [1.165, 1.54) is 0 Å². The first kappa shape index (κ1) is 17.2. The zero-order chi connectivity index (χ0) is 14.2. The fourth-order valence-corrected chi connectivity index (χ4v) is 1.73. The fourth-order valence-electron chi connectivity index (χ4n) is 1.54. The molecule has 18 heavy (non-hydrogen) atoms. The average Bonchev–Trinajstić information content (AvgIpc) is 2.23. The predicted octanol–water partition coefficient (Wildman–Crippen LogP) is 2.16. The first-order valence-electron chi connectivity index (χ1n) is 6.45. The number of nitrogens with zero attached hydrogens (tertiary/aromatic N) is 1. The van der Waals surface area contributed by atoms with Crippen molar-refractivity contribution in [3.63, 3.8) is 0 Å². The van der Waals surface area contributed by atoms with E-state index in [0.717, 1.165) is 12.8 Å². The van der Waals surface area contributed by atoms with Gasteiger partial charge < -0.3 is 10.2 Å². The minimum atomic E-state index is -0.266. The van der Waals surface area contributed by atoms with Crippen LogP contribution in [0.3, 0.4) is 0 Å². The molecule has 0 atom stereocenters. The topological polar surface area (TPSA) is 49.4 Å². The molecule has 0 fully saturated rings. The van der Waals surface area contributed by atoms with Gasteiger partial charge in [-0.05, 0) is 40.5 Å². The normalized spacial score (nSPS) is 11.2. The second-order valence-electron chi connectivity index (χ2n) is 5.35. The van der Waals surface area contributed by atoms with Crippen LogP contribution in [-0.4, -0.2) is 41.2 Å². The molecule has 1 N–H and O–H groups in total. The molecule has 0 aromatic rings. The molecule has 4 nitrogen and oxygen atoms in total. The van der Waals surface area contributed by atoms with E-state index in [2.05, 4.69) is 5.32 Å². The van der Waals surface area contributed by atoms with Gasteiger partial charge >= 0.3 is 0 Å². The maximum atomic E-state index is 11.9. The lowest BCUT2D eigenvalue weighted by molar-refractivity contribution is -0.136. The van der Waals surface area contributed by atoms with Crippen molar-refractivity contribution >= 4 is 23.4 Å². The quantitative estimate of drug-likeness (QED) is 0.572. The third-order valence-corrected chi connectivity index (χ3v) is 2.62. The zero-order valence-electron chi connectivity index (χ0n) is 11.9. The second-order valence-corrected chi connectivity index (χ2v) is 5.73. The van der Waals surface area contributed by atoms with Gasteiger partial charge in [0.1, 0.15) is 0 Å². The van der Waals surface area contributed by atoms with Gasteiger partial charge in [0.05, 0.1) is 6.54 Å². The van der Waals surface area contributed by atoms with E-state index in [4.69, 9.17) is 11.6 Å². The van der Waals surface area contributed by atoms with Crippen LogP contribution >= 0.6 is 11.6 Å². The molecule has 5 heteroatoms. The van der Waals surface area contributed by atoms with E-state index in [0.29, 0.717) is 18.8 Å². The Morgan fingerprint density at radius 3 is 2.28 bits per heavy atom. The van der Waals surface area contributed by atoms with E-state index in [1.54, 1.807) is 4.90 Å². The van der Waals surface area contributed by atoms with Gasteiger partial charge in [-0.2, -0.15) is 0 Å². The number of amides is 2. The molecule has 2 amide bonds. The number of likely N-dealkylation sites (N-methyl/N-ethyl adjacent to an activating group) is 1. The summed E-state index contributed by atoms with van der Waals surface area (Å²) in [5, 5.41) is 2.85. The van der Waals surface area contributed by atoms with Crippen LogP contribution in [0.2, 0.25) is 0 Å². The van der Waals surface area contributed by atoms with E-state index in [1.807, 2.05) is 27.7 Å². The van der Waals surface area contributed by atoms with Gasteiger partial charge in [-0.25, -0.2) is 0 Å². The zero-order valence-corrected chi connectivity index (χ0v) is 12.6. The molecule has 0 spiro atoms. The van der Waals surface area contributed by atoms with Crippen molar-refractivity contribution in [2.45, 2.75) is 52.5 Å². The molecule has 0 radical (unpaired) electrons. The van der Waals surface area contributed by atoms with Gasteiger partial charge in [0.25, 0.3) is 0 Å². The summed E-state index contributed by atoms with van der Waals surface area (Å²) >= 11 is 5.57. The Kier molecular flexibility index (Phi) is 8.00. The lowest BCUT2D eigenvalue weighted by atomic mass is 10.1. The van der Waals surface area contributed by atoms with Gasteiger partial charge in [-0.1, -0.05) is 0 Å². The number of carbonyl (C=O) groups is 2. The van der Waals surface area contributed by atoms with Crippen LogP contribution in [0.1, 0.15) is 47.0 Å². The minimum Gasteiger partial charge on any atom is -0.350 e. The van der Waals surface area contributed by atoms with Crippen LogP contribution in [0.15, 0.2) is 0 Å². The molecular weight excluding hydrogens is 252 g/mol. The molecule has 0 aromatic heterocycles. The number of unbranched alkanes of at least 4 members (excludes halogenated alkanes) is 1. The third-order valence-electron chi connectivity index (χ3n) is 2.36. The van der Waals surface area contributed by atoms with Crippen LogP contribution in [0.25, 0.3) is 0 Å². The molecular formula is C13H25ClN2O2. The van der Waals surface area contributed by atoms with E-state index in [-0.39, 0.29) is 23.9 Å². The molecule has 0 aliphatic carbocycles. The van der Waals surface area contributed by atoms with Crippen molar-refractivity contribution in [1.82, 2.24) is 10.2 Å². The van der Waals surface area contributed by atoms with Crippen molar-refractivity contribution in [3.05, 3.63) is 0 Å². The summed E-state index contributed by atoms with van der Waals surface area (Å²) < 4.78 is 0. The highest BCUT2D eigenvalue weighted by molar-refractivity contribution is 6.17. The van der Waals surface area contributed by atoms with Crippen LogP contribution in [-0.2, 0) is 9.59 Å². The molecule has 0 aromatic carbocycles. The highest BCUT2D eigenvalue weighted by Crippen LogP contribution is 2.03. The average molecular weight is 277 g/mol. The molecule has 0 saturated carbocycles. The number of alkyl halides is 1. The maximum Gasteiger partial charge on any atom is 0.240 e. The van der Waals surface area contributed by atoms with E-state index >= 15 is 0 Å². The van der Waals surface area contributed by atoms with Crippen molar-refractivity contribution in [2.75, 3.05) is 19.0 Å². The lowest BCUT2D eigenvalue weighted by Crippen LogP contribution is -2.47. The molecule has 0 bridgehead atoms. The van der Waals surface area contributed by atoms with Crippen molar-refractivity contribution < 1.29 is 9.59 Å². The molecule has 0 saturated heterocycles. The number of rotatable bonds is 7. The van der Waals surface area contributed by atoms with E-state index in [9.17, 15) is 9.59 Å². The number of halogens is 1. The summed E-state index contributed by atoms with van der Waals surface area (Å²) in [6.45, 7) is 8.32. The summed E-state index contributed by atoms with van der Waals surface area (Å²) in [6, 6.07) is 0. The van der Waals surface area contributed by atoms with Crippen LogP contribution < -0.4 is 5.32 Å². The first-order chi connectivity index (χ1) is 8.30. The number of carbonyl (C=O) groups excluding carboxylic acids is 2. The van der Waals surface area contributed by atoms with Gasteiger partial charge in [0.2, 0.25) is 11.8 Å². The lowest BCUT2D eigenvalue weighted by Gasteiger charge is -2.25. The largest absolute Gasteiger partial charge is 0.350 e. The fraction of sp³-hybridized carbons (Fsp3) is 0.846. The highest BCUT2D eigenvalue weighted by Gasteiger charge is 2.18. The smallest absolute Gasteiger partial charge is 0.240 e. The second kappa shape index (κ2) is 8.35. The molecule has 0 rings (SSSR count). The number of hydrogen-bond donors (Lipinski definition) is 1. The minimum absolute atomic E-state index is 0.0201. The van der Waals surface area contributed by atoms with Crippen LogP contribution in [0, 0.1) is 0 Å². The Morgan fingerprint density at radius 2 is 1.83 bits per heavy atom. The van der Waals surface area contributed by atoms with Crippen molar-refractivity contribution in [2.24, 2.45) is 0 Å². The summed E-state index contributed by atoms with van der Waals surface area (Å²) in [6.07, 6.45) is 2.07. The summed E-state index contributed by atoms with van der Waals surface area (Å²) in [5.74, 6) is 0.478. The summed E-state index contributed by atoms with van der Waals surface area (Å²) in [4.78, 5) is 25.2. The standard InChI is InChI=1S/C13H25ClN2O2/c1-5-16(12(18)8-6-7-9-14)10-11(17)15-13(2,3)4/h5-10H2,1-4H3,(H,15,17).